The van der Waals surface area contributed by atoms with Crippen LogP contribution in [-0.4, -0.2) is 32.1 Å². The number of carbonyl (C=O) groups is 1. The van der Waals surface area contributed by atoms with E-state index in [4.69, 9.17) is 21.4 Å². The number of imidazole rings is 1. The molecule has 0 saturated heterocycles. The number of hydrogen-bond donors (Lipinski definition) is 2. The molecule has 156 valence electrons. The van der Waals surface area contributed by atoms with Crippen molar-refractivity contribution < 1.29 is 19.0 Å². The Labute approximate surface area is 181 Å². The molecule has 0 spiro atoms. The molecule has 2 aromatic heterocycles. The summed E-state index contributed by atoms with van der Waals surface area (Å²) in [4.78, 5) is 22.7. The van der Waals surface area contributed by atoms with Gasteiger partial charge in [-0.05, 0) is 54.8 Å². The summed E-state index contributed by atoms with van der Waals surface area (Å²) in [5.74, 6) is -0.675. The van der Waals surface area contributed by atoms with E-state index in [1.54, 1.807) is 48.7 Å². The second-order valence-corrected chi connectivity index (χ2v) is 8.01. The topological polar surface area (TPSA) is 88.1 Å². The zero-order valence-electron chi connectivity index (χ0n) is 16.2. The lowest BCUT2D eigenvalue weighted by molar-refractivity contribution is -0.148. The number of nitrogens with one attached hydrogen (secondary N) is 1. The van der Waals surface area contributed by atoms with Crippen LogP contribution in [-0.2, 0) is 4.79 Å². The quantitative estimate of drug-likeness (QED) is 0.440. The first-order valence-corrected chi connectivity index (χ1v) is 10.1. The van der Waals surface area contributed by atoms with Crippen LogP contribution in [0, 0.1) is 11.7 Å². The number of carboxylic acids is 1. The standard InChI is InChI=1S/C23H17ClFN3O3/c24-15-3-5-19-20(10-15)28-22(27-19)17-4-1-12(9-18(17)25)13-2-6-21(26-11-13)31-16-7-14(8-16)23(29)30/h1-6,9-11,14,16H,7-8H2,(H,27,28)(H,29,30). The Morgan fingerprint density at radius 3 is 2.65 bits per heavy atom. The average molecular weight is 438 g/mol. The van der Waals surface area contributed by atoms with E-state index in [-0.39, 0.29) is 12.0 Å². The number of benzene rings is 2. The van der Waals surface area contributed by atoms with Crippen LogP contribution >= 0.6 is 11.6 Å². The summed E-state index contributed by atoms with van der Waals surface area (Å²) < 4.78 is 20.5. The van der Waals surface area contributed by atoms with E-state index in [1.165, 1.54) is 6.07 Å². The number of nitrogens with zero attached hydrogens (tertiary/aromatic N) is 2. The highest BCUT2D eigenvalue weighted by Gasteiger charge is 2.36. The first kappa shape index (κ1) is 19.5. The third-order valence-electron chi connectivity index (χ3n) is 5.47. The monoisotopic (exact) mass is 437 g/mol. The Morgan fingerprint density at radius 1 is 1.13 bits per heavy atom. The van der Waals surface area contributed by atoms with E-state index in [1.807, 2.05) is 0 Å². The van der Waals surface area contributed by atoms with Crippen LogP contribution in [0.25, 0.3) is 33.5 Å². The summed E-state index contributed by atoms with van der Waals surface area (Å²) in [5, 5.41) is 9.51. The van der Waals surface area contributed by atoms with Crippen LogP contribution in [0.15, 0.2) is 54.7 Å². The number of H-pyrrole nitrogens is 1. The van der Waals surface area contributed by atoms with Crippen molar-refractivity contribution in [2.24, 2.45) is 5.92 Å². The molecule has 0 bridgehead atoms. The minimum atomic E-state index is -0.792. The fraction of sp³-hybridized carbons (Fsp3) is 0.174. The Hall–Kier alpha value is -3.45. The lowest BCUT2D eigenvalue weighted by Crippen LogP contribution is -2.38. The molecule has 6 nitrogen and oxygen atoms in total. The van der Waals surface area contributed by atoms with Gasteiger partial charge in [0.1, 0.15) is 17.7 Å². The molecule has 1 saturated carbocycles. The number of aliphatic carboxylic acids is 1. The molecule has 8 heteroatoms. The average Bonchev–Trinajstić information content (AvgIpc) is 3.13. The van der Waals surface area contributed by atoms with Crippen LogP contribution in [0.5, 0.6) is 5.88 Å². The normalized spacial score (nSPS) is 18.0. The van der Waals surface area contributed by atoms with Crippen molar-refractivity contribution in [3.05, 3.63) is 65.6 Å². The zero-order valence-corrected chi connectivity index (χ0v) is 16.9. The van der Waals surface area contributed by atoms with Gasteiger partial charge in [-0.2, -0.15) is 0 Å². The maximum absolute atomic E-state index is 14.9. The molecule has 1 aliphatic carbocycles. The number of aromatic amines is 1. The second-order valence-electron chi connectivity index (χ2n) is 7.57. The van der Waals surface area contributed by atoms with Crippen LogP contribution in [0.1, 0.15) is 12.8 Å². The molecule has 0 aliphatic heterocycles. The van der Waals surface area contributed by atoms with Gasteiger partial charge in [0.15, 0.2) is 0 Å². The lowest BCUT2D eigenvalue weighted by atomic mass is 9.82. The van der Waals surface area contributed by atoms with Gasteiger partial charge in [0.05, 0.1) is 22.5 Å². The Morgan fingerprint density at radius 2 is 1.94 bits per heavy atom. The van der Waals surface area contributed by atoms with E-state index in [0.717, 1.165) is 11.1 Å². The number of ether oxygens (including phenoxy) is 1. The third kappa shape index (κ3) is 3.84. The van der Waals surface area contributed by atoms with E-state index >= 15 is 0 Å². The van der Waals surface area contributed by atoms with Gasteiger partial charge in [-0.1, -0.05) is 17.7 Å². The zero-order chi connectivity index (χ0) is 21.5. The number of halogens is 2. The number of fused-ring (bicyclic) bond motifs is 1. The highest BCUT2D eigenvalue weighted by molar-refractivity contribution is 6.31. The van der Waals surface area contributed by atoms with Crippen molar-refractivity contribution in [2.45, 2.75) is 18.9 Å². The van der Waals surface area contributed by atoms with Crippen molar-refractivity contribution >= 4 is 28.6 Å². The molecule has 0 unspecified atom stereocenters. The molecule has 0 atom stereocenters. The van der Waals surface area contributed by atoms with Gasteiger partial charge in [0.25, 0.3) is 0 Å². The molecule has 0 amide bonds. The van der Waals surface area contributed by atoms with Crippen molar-refractivity contribution in [3.63, 3.8) is 0 Å². The molecule has 2 N–H and O–H groups in total. The van der Waals surface area contributed by atoms with Gasteiger partial charge >= 0.3 is 5.97 Å². The summed E-state index contributed by atoms with van der Waals surface area (Å²) in [6.07, 6.45) is 2.45. The maximum atomic E-state index is 14.9. The number of aromatic nitrogens is 3. The van der Waals surface area contributed by atoms with Gasteiger partial charge in [-0.3, -0.25) is 4.79 Å². The molecule has 2 aromatic carbocycles. The molecular weight excluding hydrogens is 421 g/mol. The smallest absolute Gasteiger partial charge is 0.306 e. The van der Waals surface area contributed by atoms with Crippen LogP contribution < -0.4 is 4.74 Å². The third-order valence-corrected chi connectivity index (χ3v) is 5.70. The van der Waals surface area contributed by atoms with Gasteiger partial charge in [-0.25, -0.2) is 14.4 Å². The number of hydrogen-bond acceptors (Lipinski definition) is 4. The molecule has 31 heavy (non-hydrogen) atoms. The van der Waals surface area contributed by atoms with Crippen LogP contribution in [0.2, 0.25) is 5.02 Å². The fourth-order valence-corrected chi connectivity index (χ4v) is 3.82. The first-order chi connectivity index (χ1) is 15.0. The molecule has 2 heterocycles. The Balaban J connectivity index is 1.33. The fourth-order valence-electron chi connectivity index (χ4n) is 3.65. The summed E-state index contributed by atoms with van der Waals surface area (Å²) in [5.41, 5.74) is 3.23. The maximum Gasteiger partial charge on any atom is 0.306 e. The predicted molar refractivity (Wildman–Crippen MR) is 115 cm³/mol. The van der Waals surface area contributed by atoms with Gasteiger partial charge < -0.3 is 14.8 Å². The number of rotatable bonds is 5. The summed E-state index contributed by atoms with van der Waals surface area (Å²) in [6.45, 7) is 0. The molecule has 0 radical (unpaired) electrons. The van der Waals surface area contributed by atoms with Crippen molar-refractivity contribution in [3.8, 4) is 28.4 Å². The summed E-state index contributed by atoms with van der Waals surface area (Å²) in [7, 11) is 0. The van der Waals surface area contributed by atoms with E-state index in [9.17, 15) is 9.18 Å². The predicted octanol–water partition coefficient (Wildman–Crippen LogP) is 5.33. The Bertz CT molecular complexity index is 1280. The molecule has 4 aromatic rings. The SMILES string of the molecule is O=C(O)C1CC(Oc2ccc(-c3ccc(-c4nc5ccc(Cl)cc5[nH]4)c(F)c3)cn2)C1. The summed E-state index contributed by atoms with van der Waals surface area (Å²) >= 11 is 6.00. The van der Waals surface area contributed by atoms with Crippen LogP contribution in [0.4, 0.5) is 4.39 Å². The van der Waals surface area contributed by atoms with Gasteiger partial charge in [0, 0.05) is 22.8 Å². The van der Waals surface area contributed by atoms with E-state index < -0.39 is 11.8 Å². The first-order valence-electron chi connectivity index (χ1n) is 9.77. The van der Waals surface area contributed by atoms with Crippen LogP contribution in [0.3, 0.4) is 0 Å². The highest BCUT2D eigenvalue weighted by Crippen LogP contribution is 2.32. The van der Waals surface area contributed by atoms with E-state index in [2.05, 4.69) is 15.0 Å². The Kier molecular flexibility index (Phi) is 4.82. The molecule has 1 aliphatic rings. The van der Waals surface area contributed by atoms with Gasteiger partial charge in [-0.15, -0.1) is 0 Å². The second kappa shape index (κ2) is 7.67. The number of carboxylic acid groups (broad SMARTS) is 1. The molecule has 1 fully saturated rings. The summed E-state index contributed by atoms with van der Waals surface area (Å²) in [6, 6.07) is 13.7. The van der Waals surface area contributed by atoms with Gasteiger partial charge in [0.2, 0.25) is 5.88 Å². The molecular formula is C23H17ClFN3O3. The van der Waals surface area contributed by atoms with Crippen molar-refractivity contribution in [1.82, 2.24) is 15.0 Å². The van der Waals surface area contributed by atoms with Crippen molar-refractivity contribution in [2.75, 3.05) is 0 Å². The lowest BCUT2D eigenvalue weighted by Gasteiger charge is -2.31. The largest absolute Gasteiger partial charge is 0.481 e. The minimum absolute atomic E-state index is 0.130. The molecule has 5 rings (SSSR count). The minimum Gasteiger partial charge on any atom is -0.481 e. The van der Waals surface area contributed by atoms with Crippen molar-refractivity contribution in [1.29, 1.82) is 0 Å². The highest BCUT2D eigenvalue weighted by atomic mass is 35.5. The number of pyridine rings is 1. The van der Waals surface area contributed by atoms with E-state index in [0.29, 0.717) is 46.2 Å².